The number of hydrogen-bond donors (Lipinski definition) is 0. The second-order valence-electron chi connectivity index (χ2n) is 1.96. The van der Waals surface area contributed by atoms with Gasteiger partial charge in [-0.25, -0.2) is 0 Å². The molecule has 0 bridgehead atoms. The Bertz CT molecular complexity index is 161. The Kier molecular flexibility index (Phi) is 5.75. The van der Waals surface area contributed by atoms with Crippen molar-refractivity contribution in [2.24, 2.45) is 0 Å². The molecule has 0 N–H and O–H groups in total. The lowest BCUT2D eigenvalue weighted by Crippen LogP contribution is -1.87. The maximum Gasteiger partial charge on any atom is 0.146 e. The lowest BCUT2D eigenvalue weighted by molar-refractivity contribution is 0.259. The fourth-order valence-electron chi connectivity index (χ4n) is 0.435. The highest BCUT2D eigenvalue weighted by atomic mass is 32.2. The van der Waals surface area contributed by atoms with Crippen molar-refractivity contribution in [3.63, 3.8) is 0 Å². The molecule has 1 nitrogen and oxygen atoms in total. The lowest BCUT2D eigenvalue weighted by Gasteiger charge is -2.04. The molecule has 0 radical (unpaired) electrons. The molecule has 0 spiro atoms. The monoisotopic (exact) mass is 170 g/mol. The van der Waals surface area contributed by atoms with Crippen LogP contribution in [-0.4, -0.2) is 12.4 Å². The molecule has 0 aromatic heterocycles. The Morgan fingerprint density at radius 1 is 1.55 bits per heavy atom. The van der Waals surface area contributed by atoms with E-state index in [2.05, 4.69) is 19.7 Å². The van der Waals surface area contributed by atoms with E-state index in [4.69, 9.17) is 4.74 Å². The van der Waals surface area contributed by atoms with E-state index >= 15 is 0 Å². The van der Waals surface area contributed by atoms with Gasteiger partial charge in [0.15, 0.2) is 0 Å². The largest absolute Gasteiger partial charge is 0.488 e. The SMILES string of the molecule is C=CC(=C)CSC(=C)OCC. The highest BCUT2D eigenvalue weighted by Gasteiger charge is 1.94. The van der Waals surface area contributed by atoms with Crippen LogP contribution in [0.2, 0.25) is 0 Å². The van der Waals surface area contributed by atoms with E-state index < -0.39 is 0 Å². The first-order chi connectivity index (χ1) is 5.20. The van der Waals surface area contributed by atoms with E-state index in [1.165, 1.54) is 0 Å². The molecule has 0 amide bonds. The molecule has 62 valence electrons. The highest BCUT2D eigenvalue weighted by Crippen LogP contribution is 2.17. The first-order valence-corrected chi connectivity index (χ1v) is 4.44. The van der Waals surface area contributed by atoms with E-state index in [-0.39, 0.29) is 0 Å². The second kappa shape index (κ2) is 6.10. The molecule has 0 fully saturated rings. The molecular weight excluding hydrogens is 156 g/mol. The van der Waals surface area contributed by atoms with Gasteiger partial charge in [-0.2, -0.15) is 0 Å². The summed E-state index contributed by atoms with van der Waals surface area (Å²) >= 11 is 1.55. The van der Waals surface area contributed by atoms with Gasteiger partial charge in [-0.3, -0.25) is 0 Å². The van der Waals surface area contributed by atoms with Crippen LogP contribution in [0.3, 0.4) is 0 Å². The summed E-state index contributed by atoms with van der Waals surface area (Å²) in [4.78, 5) is 0. The molecular formula is C9H14OS. The summed E-state index contributed by atoms with van der Waals surface area (Å²) in [6, 6.07) is 0. The Morgan fingerprint density at radius 3 is 2.64 bits per heavy atom. The van der Waals surface area contributed by atoms with Gasteiger partial charge in [0.05, 0.1) is 6.61 Å². The summed E-state index contributed by atoms with van der Waals surface area (Å²) in [5.41, 5.74) is 0.996. The molecule has 0 unspecified atom stereocenters. The van der Waals surface area contributed by atoms with Crippen molar-refractivity contribution in [3.05, 3.63) is 36.5 Å². The predicted molar refractivity (Wildman–Crippen MR) is 52.6 cm³/mol. The molecule has 11 heavy (non-hydrogen) atoms. The van der Waals surface area contributed by atoms with E-state index in [1.54, 1.807) is 17.8 Å². The minimum Gasteiger partial charge on any atom is -0.488 e. The zero-order valence-corrected chi connectivity index (χ0v) is 7.75. The summed E-state index contributed by atoms with van der Waals surface area (Å²) in [5, 5.41) is 0.746. The van der Waals surface area contributed by atoms with Gasteiger partial charge in [-0.05, 0) is 19.1 Å². The fourth-order valence-corrected chi connectivity index (χ4v) is 1.10. The minimum atomic E-state index is 0.673. The molecule has 2 heteroatoms. The molecule has 0 rings (SSSR count). The molecule has 0 saturated heterocycles. The minimum absolute atomic E-state index is 0.673. The summed E-state index contributed by atoms with van der Waals surface area (Å²) in [6.45, 7) is 13.7. The normalized spacial score (nSPS) is 8.82. The third-order valence-corrected chi connectivity index (χ3v) is 1.97. The van der Waals surface area contributed by atoms with Crippen molar-refractivity contribution in [2.75, 3.05) is 12.4 Å². The molecule has 0 aliphatic rings. The number of allylic oxidation sites excluding steroid dienone is 1. The van der Waals surface area contributed by atoms with Crippen LogP contribution in [0.5, 0.6) is 0 Å². The molecule has 0 aliphatic carbocycles. The van der Waals surface area contributed by atoms with Crippen LogP contribution in [0, 0.1) is 0 Å². The summed E-state index contributed by atoms with van der Waals surface area (Å²) < 4.78 is 5.13. The molecule has 0 aliphatic heterocycles. The van der Waals surface area contributed by atoms with E-state index in [0.717, 1.165) is 16.4 Å². The van der Waals surface area contributed by atoms with Crippen molar-refractivity contribution in [2.45, 2.75) is 6.92 Å². The van der Waals surface area contributed by atoms with Crippen LogP contribution in [0.25, 0.3) is 0 Å². The van der Waals surface area contributed by atoms with E-state index in [9.17, 15) is 0 Å². The van der Waals surface area contributed by atoms with Gasteiger partial charge in [0.2, 0.25) is 0 Å². The Balaban J connectivity index is 3.45. The standard InChI is InChI=1S/C9H14OS/c1-5-8(3)7-11-9(4)10-6-2/h5H,1,3-4,6-7H2,2H3. The number of hydrogen-bond acceptors (Lipinski definition) is 2. The molecule has 0 atom stereocenters. The van der Waals surface area contributed by atoms with E-state index in [1.807, 2.05) is 6.92 Å². The zero-order chi connectivity index (χ0) is 8.69. The van der Waals surface area contributed by atoms with Crippen LogP contribution in [-0.2, 0) is 4.74 Å². The zero-order valence-electron chi connectivity index (χ0n) is 6.93. The van der Waals surface area contributed by atoms with Gasteiger partial charge >= 0.3 is 0 Å². The predicted octanol–water partition coefficient (Wildman–Crippen LogP) is 2.97. The van der Waals surface area contributed by atoms with Crippen LogP contribution < -0.4 is 0 Å². The maximum absolute atomic E-state index is 5.13. The molecule has 0 heterocycles. The average molecular weight is 170 g/mol. The van der Waals surface area contributed by atoms with Crippen LogP contribution in [0.15, 0.2) is 36.5 Å². The van der Waals surface area contributed by atoms with Crippen molar-refractivity contribution in [1.82, 2.24) is 0 Å². The summed E-state index contributed by atoms with van der Waals surface area (Å²) in [7, 11) is 0. The fraction of sp³-hybridized carbons (Fsp3) is 0.333. The Labute approximate surface area is 72.8 Å². The first-order valence-electron chi connectivity index (χ1n) is 3.45. The average Bonchev–Trinajstić information content (AvgIpc) is 2.01. The number of ether oxygens (including phenoxy) is 1. The van der Waals surface area contributed by atoms with Gasteiger partial charge in [0.25, 0.3) is 0 Å². The van der Waals surface area contributed by atoms with Crippen LogP contribution in [0.4, 0.5) is 0 Å². The Morgan fingerprint density at radius 2 is 2.18 bits per heavy atom. The van der Waals surface area contributed by atoms with Gasteiger partial charge in [0.1, 0.15) is 5.09 Å². The van der Waals surface area contributed by atoms with Crippen molar-refractivity contribution < 1.29 is 4.74 Å². The Hall–Kier alpha value is -0.630. The van der Waals surface area contributed by atoms with Gasteiger partial charge in [-0.1, -0.05) is 31.0 Å². The summed E-state index contributed by atoms with van der Waals surface area (Å²) in [6.07, 6.45) is 1.74. The molecule has 0 saturated carbocycles. The summed E-state index contributed by atoms with van der Waals surface area (Å²) in [5.74, 6) is 0.808. The second-order valence-corrected chi connectivity index (χ2v) is 2.99. The number of rotatable bonds is 6. The topological polar surface area (TPSA) is 9.23 Å². The van der Waals surface area contributed by atoms with Crippen LogP contribution in [0.1, 0.15) is 6.92 Å². The molecule has 0 aromatic rings. The molecule has 0 aromatic carbocycles. The van der Waals surface area contributed by atoms with Crippen molar-refractivity contribution >= 4 is 11.8 Å². The maximum atomic E-state index is 5.13. The van der Waals surface area contributed by atoms with Crippen LogP contribution >= 0.6 is 11.8 Å². The first kappa shape index (κ1) is 10.4. The third-order valence-electron chi connectivity index (χ3n) is 1.01. The van der Waals surface area contributed by atoms with Crippen molar-refractivity contribution in [1.29, 1.82) is 0 Å². The van der Waals surface area contributed by atoms with Gasteiger partial charge in [0, 0.05) is 5.75 Å². The number of thioether (sulfide) groups is 1. The lowest BCUT2D eigenvalue weighted by atomic mass is 10.4. The quantitative estimate of drug-likeness (QED) is 0.447. The third kappa shape index (κ3) is 5.80. The smallest absolute Gasteiger partial charge is 0.146 e. The van der Waals surface area contributed by atoms with Gasteiger partial charge in [-0.15, -0.1) is 0 Å². The van der Waals surface area contributed by atoms with Crippen molar-refractivity contribution in [3.8, 4) is 0 Å². The highest BCUT2D eigenvalue weighted by molar-refractivity contribution is 8.03. The van der Waals surface area contributed by atoms with E-state index in [0.29, 0.717) is 6.61 Å². The van der Waals surface area contributed by atoms with Gasteiger partial charge < -0.3 is 4.74 Å².